The van der Waals surface area contributed by atoms with Crippen molar-refractivity contribution in [3.63, 3.8) is 0 Å². The third kappa shape index (κ3) is 5.98. The quantitative estimate of drug-likeness (QED) is 0.246. The van der Waals surface area contributed by atoms with Gasteiger partial charge in [-0.3, -0.25) is 0 Å². The van der Waals surface area contributed by atoms with Crippen LogP contribution in [0, 0.1) is 0 Å². The standard InChI is InChI=1S/C21H21NO6/c1-3-26-20(24)18(21(25)27-4-2)14-22-16-10-12-17(13-11-16)28-19(23)15-8-6-5-7-9-15/h5-14,22H,3-4H2,1-2H3. The van der Waals surface area contributed by atoms with Crippen LogP contribution in [0.5, 0.6) is 5.75 Å². The Balaban J connectivity index is 2.05. The van der Waals surface area contributed by atoms with Crippen LogP contribution >= 0.6 is 0 Å². The van der Waals surface area contributed by atoms with Gasteiger partial charge in [0.2, 0.25) is 0 Å². The van der Waals surface area contributed by atoms with E-state index in [1.165, 1.54) is 6.20 Å². The molecule has 0 saturated carbocycles. The number of nitrogens with one attached hydrogen (secondary N) is 1. The lowest BCUT2D eigenvalue weighted by Gasteiger charge is -2.08. The van der Waals surface area contributed by atoms with E-state index in [1.807, 2.05) is 6.07 Å². The number of anilines is 1. The maximum atomic E-state index is 12.0. The Morgan fingerprint density at radius 3 is 1.96 bits per heavy atom. The van der Waals surface area contributed by atoms with Crippen LogP contribution < -0.4 is 10.1 Å². The molecule has 0 bridgehead atoms. The van der Waals surface area contributed by atoms with Crippen molar-refractivity contribution >= 4 is 23.6 Å². The van der Waals surface area contributed by atoms with E-state index >= 15 is 0 Å². The molecule has 0 radical (unpaired) electrons. The first kappa shape index (κ1) is 20.7. The van der Waals surface area contributed by atoms with E-state index in [1.54, 1.807) is 62.4 Å². The molecule has 2 rings (SSSR count). The number of benzene rings is 2. The summed E-state index contributed by atoms with van der Waals surface area (Å²) in [6, 6.07) is 15.1. The van der Waals surface area contributed by atoms with Crippen molar-refractivity contribution in [1.29, 1.82) is 0 Å². The second kappa shape index (κ2) is 10.5. The van der Waals surface area contributed by atoms with Crippen LogP contribution in [0.25, 0.3) is 0 Å². The minimum Gasteiger partial charge on any atom is -0.462 e. The fraction of sp³-hybridized carbons (Fsp3) is 0.190. The van der Waals surface area contributed by atoms with Crippen LogP contribution in [-0.2, 0) is 19.1 Å². The molecule has 0 spiro atoms. The molecule has 0 heterocycles. The number of rotatable bonds is 8. The molecule has 1 N–H and O–H groups in total. The van der Waals surface area contributed by atoms with Crippen molar-refractivity contribution in [2.45, 2.75) is 13.8 Å². The summed E-state index contributed by atoms with van der Waals surface area (Å²) >= 11 is 0. The summed E-state index contributed by atoms with van der Waals surface area (Å²) in [4.78, 5) is 35.8. The highest BCUT2D eigenvalue weighted by Gasteiger charge is 2.20. The molecule has 0 unspecified atom stereocenters. The van der Waals surface area contributed by atoms with Gasteiger partial charge in [-0.1, -0.05) is 18.2 Å². The summed E-state index contributed by atoms with van der Waals surface area (Å²) in [7, 11) is 0. The summed E-state index contributed by atoms with van der Waals surface area (Å²) in [6.07, 6.45) is 1.22. The molecular formula is C21H21NO6. The van der Waals surface area contributed by atoms with Crippen molar-refractivity contribution in [2.75, 3.05) is 18.5 Å². The normalized spacial score (nSPS) is 9.79. The zero-order chi connectivity index (χ0) is 20.4. The first-order chi connectivity index (χ1) is 13.5. The third-order valence-corrected chi connectivity index (χ3v) is 3.45. The SMILES string of the molecule is CCOC(=O)C(=CNc1ccc(OC(=O)c2ccccc2)cc1)C(=O)OCC. The molecule has 0 aliphatic heterocycles. The molecule has 0 amide bonds. The van der Waals surface area contributed by atoms with E-state index in [-0.39, 0.29) is 18.8 Å². The van der Waals surface area contributed by atoms with Crippen molar-refractivity contribution < 1.29 is 28.6 Å². The van der Waals surface area contributed by atoms with Crippen LogP contribution in [0.1, 0.15) is 24.2 Å². The van der Waals surface area contributed by atoms with Gasteiger partial charge in [0.15, 0.2) is 5.57 Å². The van der Waals surface area contributed by atoms with E-state index in [2.05, 4.69) is 5.32 Å². The molecule has 0 aromatic heterocycles. The zero-order valence-corrected chi connectivity index (χ0v) is 15.6. The Kier molecular flexibility index (Phi) is 7.77. The fourth-order valence-electron chi connectivity index (χ4n) is 2.13. The highest BCUT2D eigenvalue weighted by atomic mass is 16.6. The molecule has 0 aliphatic rings. The average molecular weight is 383 g/mol. The predicted molar refractivity (Wildman–Crippen MR) is 103 cm³/mol. The number of hydrogen-bond acceptors (Lipinski definition) is 7. The van der Waals surface area contributed by atoms with E-state index in [0.29, 0.717) is 17.0 Å². The third-order valence-electron chi connectivity index (χ3n) is 3.45. The highest BCUT2D eigenvalue weighted by Crippen LogP contribution is 2.17. The second-order valence-electron chi connectivity index (χ2n) is 5.42. The Labute approximate surface area is 162 Å². The first-order valence-corrected chi connectivity index (χ1v) is 8.73. The topological polar surface area (TPSA) is 90.9 Å². The summed E-state index contributed by atoms with van der Waals surface area (Å²) < 4.78 is 15.0. The molecular weight excluding hydrogens is 362 g/mol. The summed E-state index contributed by atoms with van der Waals surface area (Å²) in [5.74, 6) is -1.66. The van der Waals surface area contributed by atoms with Crippen LogP contribution in [-0.4, -0.2) is 31.1 Å². The van der Waals surface area contributed by atoms with Crippen molar-refractivity contribution in [3.05, 3.63) is 71.9 Å². The lowest BCUT2D eigenvalue weighted by molar-refractivity contribution is -0.146. The van der Waals surface area contributed by atoms with Crippen LogP contribution in [0.4, 0.5) is 5.69 Å². The number of ether oxygens (including phenoxy) is 3. The highest BCUT2D eigenvalue weighted by molar-refractivity contribution is 6.14. The van der Waals surface area contributed by atoms with E-state index < -0.39 is 17.9 Å². The van der Waals surface area contributed by atoms with Gasteiger partial charge in [-0.2, -0.15) is 0 Å². The molecule has 2 aromatic rings. The second-order valence-corrected chi connectivity index (χ2v) is 5.42. The van der Waals surface area contributed by atoms with Gasteiger partial charge in [0.05, 0.1) is 18.8 Å². The molecule has 7 heteroatoms. The van der Waals surface area contributed by atoms with E-state index in [4.69, 9.17) is 14.2 Å². The number of hydrogen-bond donors (Lipinski definition) is 1. The van der Waals surface area contributed by atoms with Gasteiger partial charge < -0.3 is 19.5 Å². The smallest absolute Gasteiger partial charge is 0.347 e. The lowest BCUT2D eigenvalue weighted by Crippen LogP contribution is -2.19. The van der Waals surface area contributed by atoms with Gasteiger partial charge in [-0.15, -0.1) is 0 Å². The zero-order valence-electron chi connectivity index (χ0n) is 15.6. The Morgan fingerprint density at radius 2 is 1.43 bits per heavy atom. The summed E-state index contributed by atoms with van der Waals surface area (Å²) in [5, 5.41) is 2.83. The maximum Gasteiger partial charge on any atom is 0.347 e. The Hall–Kier alpha value is -3.61. The Bertz CT molecular complexity index is 823. The van der Waals surface area contributed by atoms with E-state index in [9.17, 15) is 14.4 Å². The van der Waals surface area contributed by atoms with Gasteiger partial charge in [-0.25, -0.2) is 14.4 Å². The lowest BCUT2D eigenvalue weighted by atomic mass is 10.2. The van der Waals surface area contributed by atoms with Crippen LogP contribution in [0.15, 0.2) is 66.4 Å². The summed E-state index contributed by atoms with van der Waals surface area (Å²) in [5.41, 5.74) is 0.773. The minimum absolute atomic E-state index is 0.136. The minimum atomic E-state index is -0.776. The largest absolute Gasteiger partial charge is 0.462 e. The molecule has 7 nitrogen and oxygen atoms in total. The van der Waals surface area contributed by atoms with Crippen molar-refractivity contribution in [1.82, 2.24) is 0 Å². The van der Waals surface area contributed by atoms with Crippen LogP contribution in [0.3, 0.4) is 0 Å². The van der Waals surface area contributed by atoms with Gasteiger partial charge in [0.1, 0.15) is 5.75 Å². The molecule has 0 atom stereocenters. The number of carbonyl (C=O) groups excluding carboxylic acids is 3. The molecule has 0 aliphatic carbocycles. The van der Waals surface area contributed by atoms with Gasteiger partial charge in [0, 0.05) is 11.9 Å². The van der Waals surface area contributed by atoms with Crippen LogP contribution in [0.2, 0.25) is 0 Å². The van der Waals surface area contributed by atoms with Gasteiger partial charge in [-0.05, 0) is 50.2 Å². The van der Waals surface area contributed by atoms with Gasteiger partial charge >= 0.3 is 17.9 Å². The molecule has 0 fully saturated rings. The first-order valence-electron chi connectivity index (χ1n) is 8.73. The fourth-order valence-corrected chi connectivity index (χ4v) is 2.13. The number of esters is 3. The maximum absolute atomic E-state index is 12.0. The molecule has 0 saturated heterocycles. The van der Waals surface area contributed by atoms with Crippen molar-refractivity contribution in [2.24, 2.45) is 0 Å². The number of carbonyl (C=O) groups is 3. The molecule has 28 heavy (non-hydrogen) atoms. The Morgan fingerprint density at radius 1 is 0.857 bits per heavy atom. The average Bonchev–Trinajstić information content (AvgIpc) is 2.70. The predicted octanol–water partition coefficient (Wildman–Crippen LogP) is 3.33. The van der Waals surface area contributed by atoms with Crippen molar-refractivity contribution in [3.8, 4) is 5.75 Å². The van der Waals surface area contributed by atoms with Gasteiger partial charge in [0.25, 0.3) is 0 Å². The summed E-state index contributed by atoms with van der Waals surface area (Å²) in [6.45, 7) is 3.56. The molecule has 146 valence electrons. The monoisotopic (exact) mass is 383 g/mol. The van der Waals surface area contributed by atoms with E-state index in [0.717, 1.165) is 0 Å². The molecule has 2 aromatic carbocycles.